The number of carbonyl (C=O) groups is 2. The summed E-state index contributed by atoms with van der Waals surface area (Å²) < 4.78 is 5.25. The van der Waals surface area contributed by atoms with E-state index in [0.29, 0.717) is 28.0 Å². The molecule has 1 atom stereocenters. The molecule has 1 unspecified atom stereocenters. The van der Waals surface area contributed by atoms with Gasteiger partial charge in [-0.1, -0.05) is 42.8 Å². The van der Waals surface area contributed by atoms with Gasteiger partial charge in [-0.2, -0.15) is 0 Å². The largest absolute Gasteiger partial charge is 0.497 e. The first kappa shape index (κ1) is 20.5. The molecule has 4 rings (SSSR count). The minimum Gasteiger partial charge on any atom is -0.497 e. The summed E-state index contributed by atoms with van der Waals surface area (Å²) in [5.74, 6) is 0.710. The van der Waals surface area contributed by atoms with Gasteiger partial charge < -0.3 is 9.64 Å². The zero-order valence-electron chi connectivity index (χ0n) is 17.2. The van der Waals surface area contributed by atoms with Crippen LogP contribution in [-0.4, -0.2) is 41.8 Å². The highest BCUT2D eigenvalue weighted by Gasteiger charge is 2.42. The molecule has 156 valence electrons. The molecule has 0 N–H and O–H groups in total. The topological polar surface area (TPSA) is 49.9 Å². The number of carbonyl (C=O) groups excluding carboxylic acids is 2. The second kappa shape index (κ2) is 8.52. The maximum Gasteiger partial charge on any atom is 0.278 e. The van der Waals surface area contributed by atoms with Gasteiger partial charge in [-0.05, 0) is 54.2 Å². The summed E-state index contributed by atoms with van der Waals surface area (Å²) in [6.45, 7) is 3.98. The van der Waals surface area contributed by atoms with E-state index >= 15 is 0 Å². The van der Waals surface area contributed by atoms with E-state index in [4.69, 9.17) is 16.3 Å². The first-order valence-electron chi connectivity index (χ1n) is 10.2. The molecule has 2 aliphatic heterocycles. The van der Waals surface area contributed by atoms with Crippen molar-refractivity contribution in [3.63, 3.8) is 0 Å². The van der Waals surface area contributed by atoms with Crippen LogP contribution >= 0.6 is 11.6 Å². The van der Waals surface area contributed by atoms with Crippen LogP contribution < -0.4 is 4.74 Å². The van der Waals surface area contributed by atoms with E-state index in [2.05, 4.69) is 11.8 Å². The number of hydrogen-bond acceptors (Lipinski definition) is 4. The number of amides is 2. The van der Waals surface area contributed by atoms with E-state index < -0.39 is 0 Å². The first-order chi connectivity index (χ1) is 14.5. The van der Waals surface area contributed by atoms with Gasteiger partial charge in [0.05, 0.1) is 19.2 Å². The lowest BCUT2D eigenvalue weighted by Crippen LogP contribution is -2.39. The lowest BCUT2D eigenvalue weighted by molar-refractivity contribution is -0.138. The number of benzene rings is 2. The average Bonchev–Trinajstić information content (AvgIpc) is 3.00. The van der Waals surface area contributed by atoms with Crippen LogP contribution in [0.25, 0.3) is 5.57 Å². The fraction of sp³-hybridized carbons (Fsp3) is 0.333. The molecular weight excluding hydrogens is 400 g/mol. The molecule has 0 saturated carbocycles. The smallest absolute Gasteiger partial charge is 0.278 e. The molecule has 2 amide bonds. The monoisotopic (exact) mass is 424 g/mol. The molecule has 1 saturated heterocycles. The highest BCUT2D eigenvalue weighted by Crippen LogP contribution is 2.35. The molecule has 0 aliphatic carbocycles. The highest BCUT2D eigenvalue weighted by molar-refractivity contribution is 6.35. The van der Waals surface area contributed by atoms with Crippen molar-refractivity contribution in [3.8, 4) is 5.75 Å². The van der Waals surface area contributed by atoms with Crippen LogP contribution in [0.4, 0.5) is 0 Å². The zero-order valence-corrected chi connectivity index (χ0v) is 18.0. The third-order valence-corrected chi connectivity index (χ3v) is 6.00. The predicted octanol–water partition coefficient (Wildman–Crippen LogP) is 4.36. The number of ether oxygens (including phenoxy) is 1. The molecule has 0 spiro atoms. The molecule has 2 heterocycles. The SMILES string of the molecule is COc1ccc(C2=C(N3CCCC(C)C3)C(=O)N(Cc3ccc(Cl)cc3)C2=O)cc1. The number of rotatable bonds is 5. The Balaban J connectivity index is 1.72. The van der Waals surface area contributed by atoms with Crippen molar-refractivity contribution in [2.24, 2.45) is 5.92 Å². The molecular formula is C24H25ClN2O3. The maximum absolute atomic E-state index is 13.5. The number of methoxy groups -OCH3 is 1. The van der Waals surface area contributed by atoms with Crippen molar-refractivity contribution in [1.29, 1.82) is 0 Å². The molecule has 0 aromatic heterocycles. The second-order valence-electron chi connectivity index (χ2n) is 7.97. The fourth-order valence-electron chi connectivity index (χ4n) is 4.18. The van der Waals surface area contributed by atoms with Gasteiger partial charge in [0.2, 0.25) is 0 Å². The Morgan fingerprint density at radius 1 is 1.03 bits per heavy atom. The van der Waals surface area contributed by atoms with Crippen LogP contribution in [-0.2, 0) is 16.1 Å². The Bertz CT molecular complexity index is 983. The van der Waals surface area contributed by atoms with Crippen LogP contribution in [0.5, 0.6) is 5.75 Å². The Morgan fingerprint density at radius 3 is 2.37 bits per heavy atom. The van der Waals surface area contributed by atoms with Gasteiger partial charge in [0.1, 0.15) is 11.4 Å². The molecule has 2 aromatic carbocycles. The van der Waals surface area contributed by atoms with E-state index in [-0.39, 0.29) is 18.4 Å². The van der Waals surface area contributed by atoms with E-state index in [1.54, 1.807) is 19.2 Å². The van der Waals surface area contributed by atoms with Gasteiger partial charge in [-0.15, -0.1) is 0 Å². The summed E-state index contributed by atoms with van der Waals surface area (Å²) in [5.41, 5.74) is 2.60. The second-order valence-corrected chi connectivity index (χ2v) is 8.40. The molecule has 30 heavy (non-hydrogen) atoms. The van der Waals surface area contributed by atoms with Gasteiger partial charge in [0.15, 0.2) is 0 Å². The third-order valence-electron chi connectivity index (χ3n) is 5.75. The van der Waals surface area contributed by atoms with Crippen LogP contribution in [0, 0.1) is 5.92 Å². The van der Waals surface area contributed by atoms with Crippen molar-refractivity contribution in [3.05, 3.63) is 70.4 Å². The van der Waals surface area contributed by atoms with Gasteiger partial charge in [-0.3, -0.25) is 14.5 Å². The van der Waals surface area contributed by atoms with Gasteiger partial charge >= 0.3 is 0 Å². The summed E-state index contributed by atoms with van der Waals surface area (Å²) in [7, 11) is 1.60. The van der Waals surface area contributed by atoms with E-state index in [0.717, 1.165) is 37.1 Å². The summed E-state index contributed by atoms with van der Waals surface area (Å²) in [5, 5.41) is 0.623. The van der Waals surface area contributed by atoms with Crippen LogP contribution in [0.3, 0.4) is 0 Å². The standard InChI is InChI=1S/C24H25ClN2O3/c1-16-4-3-13-26(14-16)22-21(18-7-11-20(30-2)12-8-18)23(28)27(24(22)29)15-17-5-9-19(25)10-6-17/h5-12,16H,3-4,13-15H2,1-2H3. The van der Waals surface area contributed by atoms with Crippen molar-refractivity contribution in [2.75, 3.05) is 20.2 Å². The molecule has 5 nitrogen and oxygen atoms in total. The van der Waals surface area contributed by atoms with Crippen molar-refractivity contribution >= 4 is 29.0 Å². The number of piperidine rings is 1. The van der Waals surface area contributed by atoms with Crippen molar-refractivity contribution in [1.82, 2.24) is 9.80 Å². The van der Waals surface area contributed by atoms with Crippen molar-refractivity contribution < 1.29 is 14.3 Å². The van der Waals surface area contributed by atoms with Gasteiger partial charge in [0.25, 0.3) is 11.8 Å². The summed E-state index contributed by atoms with van der Waals surface area (Å²) in [4.78, 5) is 30.3. The summed E-state index contributed by atoms with van der Waals surface area (Å²) in [6, 6.07) is 14.6. The van der Waals surface area contributed by atoms with Crippen molar-refractivity contribution in [2.45, 2.75) is 26.3 Å². The number of nitrogens with zero attached hydrogens (tertiary/aromatic N) is 2. The van der Waals surface area contributed by atoms with E-state index in [1.165, 1.54) is 4.90 Å². The Labute approximate surface area is 181 Å². The third kappa shape index (κ3) is 3.94. The van der Waals surface area contributed by atoms with Gasteiger partial charge in [-0.25, -0.2) is 0 Å². The van der Waals surface area contributed by atoms with Crippen LogP contribution in [0.2, 0.25) is 5.02 Å². The average molecular weight is 425 g/mol. The summed E-state index contributed by atoms with van der Waals surface area (Å²) in [6.07, 6.45) is 2.15. The lowest BCUT2D eigenvalue weighted by atomic mass is 9.98. The highest BCUT2D eigenvalue weighted by atomic mass is 35.5. The van der Waals surface area contributed by atoms with Crippen LogP contribution in [0.1, 0.15) is 30.9 Å². The molecule has 0 radical (unpaired) electrons. The number of imide groups is 1. The quantitative estimate of drug-likeness (QED) is 0.669. The van der Waals surface area contributed by atoms with Crippen LogP contribution in [0.15, 0.2) is 54.2 Å². The molecule has 2 aromatic rings. The Morgan fingerprint density at radius 2 is 1.73 bits per heavy atom. The molecule has 1 fully saturated rings. The maximum atomic E-state index is 13.5. The number of halogens is 1. The fourth-order valence-corrected chi connectivity index (χ4v) is 4.31. The minimum absolute atomic E-state index is 0.224. The predicted molar refractivity (Wildman–Crippen MR) is 117 cm³/mol. The Kier molecular flexibility index (Phi) is 5.82. The molecule has 0 bridgehead atoms. The normalized spacial score (nSPS) is 19.6. The number of likely N-dealkylation sites (tertiary alicyclic amines) is 1. The van der Waals surface area contributed by atoms with E-state index in [1.807, 2.05) is 36.4 Å². The Hall–Kier alpha value is -2.79. The molecule has 2 aliphatic rings. The lowest BCUT2D eigenvalue weighted by Gasteiger charge is -2.33. The zero-order chi connectivity index (χ0) is 21.3. The minimum atomic E-state index is -0.256. The summed E-state index contributed by atoms with van der Waals surface area (Å²) >= 11 is 5.98. The van der Waals surface area contributed by atoms with E-state index in [9.17, 15) is 9.59 Å². The molecule has 6 heteroatoms. The first-order valence-corrected chi connectivity index (χ1v) is 10.6. The van der Waals surface area contributed by atoms with Gasteiger partial charge in [0, 0.05) is 18.1 Å². The number of hydrogen-bond donors (Lipinski definition) is 0.